The van der Waals surface area contributed by atoms with Crippen molar-refractivity contribution in [2.45, 2.75) is 6.18 Å². The van der Waals surface area contributed by atoms with E-state index in [1.807, 2.05) is 0 Å². The minimum absolute atomic E-state index is 0.117. The van der Waals surface area contributed by atoms with Crippen molar-refractivity contribution in [1.29, 1.82) is 0 Å². The van der Waals surface area contributed by atoms with Gasteiger partial charge in [-0.05, 0) is 30.3 Å². The fourth-order valence-electron chi connectivity index (χ4n) is 1.48. The Kier molecular flexibility index (Phi) is 3.59. The molecule has 2 aromatic rings. The van der Waals surface area contributed by atoms with E-state index < -0.39 is 11.7 Å². The molecule has 0 aliphatic rings. The second-order valence-corrected chi connectivity index (χ2v) is 3.65. The van der Waals surface area contributed by atoms with Crippen LogP contribution in [0.15, 0.2) is 42.7 Å². The summed E-state index contributed by atoms with van der Waals surface area (Å²) in [5.74, 6) is 0.0605. The highest BCUT2D eigenvalue weighted by atomic mass is 19.4. The van der Waals surface area contributed by atoms with Crippen molar-refractivity contribution in [2.75, 3.05) is 7.11 Å². The van der Waals surface area contributed by atoms with Crippen molar-refractivity contribution < 1.29 is 22.6 Å². The second kappa shape index (κ2) is 5.17. The van der Waals surface area contributed by atoms with Crippen LogP contribution in [0.5, 0.6) is 17.2 Å². The Hall–Kier alpha value is -2.24. The van der Waals surface area contributed by atoms with Crippen molar-refractivity contribution in [3.05, 3.63) is 48.3 Å². The number of benzene rings is 1. The van der Waals surface area contributed by atoms with Crippen LogP contribution in [0.3, 0.4) is 0 Å². The molecule has 19 heavy (non-hydrogen) atoms. The van der Waals surface area contributed by atoms with Crippen LogP contribution in [0.25, 0.3) is 0 Å². The summed E-state index contributed by atoms with van der Waals surface area (Å²) in [4.78, 5) is 3.78. The van der Waals surface area contributed by atoms with Gasteiger partial charge in [0.15, 0.2) is 0 Å². The molecule has 2 rings (SSSR count). The van der Waals surface area contributed by atoms with E-state index in [1.165, 1.54) is 37.7 Å². The Morgan fingerprint density at radius 1 is 1.11 bits per heavy atom. The van der Waals surface area contributed by atoms with Gasteiger partial charge in [0, 0.05) is 6.20 Å². The van der Waals surface area contributed by atoms with Crippen LogP contribution in [-0.2, 0) is 6.18 Å². The zero-order chi connectivity index (χ0) is 13.9. The van der Waals surface area contributed by atoms with E-state index in [0.29, 0.717) is 0 Å². The molecule has 1 aromatic carbocycles. The number of nitrogens with zero attached hydrogens (tertiary/aromatic N) is 1. The largest absolute Gasteiger partial charge is 0.497 e. The van der Waals surface area contributed by atoms with Gasteiger partial charge in [-0.25, -0.2) is 0 Å². The highest BCUT2D eigenvalue weighted by Crippen LogP contribution is 2.39. The first kappa shape index (κ1) is 13.2. The third kappa shape index (κ3) is 3.15. The Morgan fingerprint density at radius 2 is 1.89 bits per heavy atom. The summed E-state index contributed by atoms with van der Waals surface area (Å²) in [7, 11) is 1.30. The fourth-order valence-corrected chi connectivity index (χ4v) is 1.48. The topological polar surface area (TPSA) is 31.4 Å². The first-order valence-corrected chi connectivity index (χ1v) is 5.34. The summed E-state index contributed by atoms with van der Waals surface area (Å²) in [6, 6.07) is 6.62. The van der Waals surface area contributed by atoms with Crippen LogP contribution in [0, 0.1) is 0 Å². The Bertz CT molecular complexity index is 556. The SMILES string of the molecule is COc1ccc(Oc2cccnc2)c(C(F)(F)F)c1. The Labute approximate surface area is 107 Å². The summed E-state index contributed by atoms with van der Waals surface area (Å²) >= 11 is 0. The lowest BCUT2D eigenvalue weighted by Crippen LogP contribution is -2.07. The minimum atomic E-state index is -4.52. The van der Waals surface area contributed by atoms with Gasteiger partial charge in [0.05, 0.1) is 13.3 Å². The molecule has 0 radical (unpaired) electrons. The minimum Gasteiger partial charge on any atom is -0.497 e. The second-order valence-electron chi connectivity index (χ2n) is 3.65. The van der Waals surface area contributed by atoms with Gasteiger partial charge in [-0.1, -0.05) is 0 Å². The van der Waals surface area contributed by atoms with E-state index in [0.717, 1.165) is 6.07 Å². The van der Waals surface area contributed by atoms with Gasteiger partial charge in [0.1, 0.15) is 22.8 Å². The van der Waals surface area contributed by atoms with Gasteiger partial charge < -0.3 is 9.47 Å². The van der Waals surface area contributed by atoms with Crippen LogP contribution in [0.2, 0.25) is 0 Å². The molecule has 0 saturated carbocycles. The van der Waals surface area contributed by atoms with E-state index in [4.69, 9.17) is 9.47 Å². The van der Waals surface area contributed by atoms with E-state index in [2.05, 4.69) is 4.98 Å². The van der Waals surface area contributed by atoms with E-state index in [9.17, 15) is 13.2 Å². The molecule has 1 heterocycles. The summed E-state index contributed by atoms with van der Waals surface area (Å²) in [6.07, 6.45) is -1.68. The van der Waals surface area contributed by atoms with Crippen molar-refractivity contribution in [3.63, 3.8) is 0 Å². The predicted molar refractivity (Wildman–Crippen MR) is 62.3 cm³/mol. The average Bonchev–Trinajstić information content (AvgIpc) is 2.39. The van der Waals surface area contributed by atoms with Crippen LogP contribution in [0.4, 0.5) is 13.2 Å². The number of ether oxygens (including phenoxy) is 2. The maximum absolute atomic E-state index is 12.9. The maximum atomic E-state index is 12.9. The first-order valence-electron chi connectivity index (χ1n) is 5.34. The quantitative estimate of drug-likeness (QED) is 0.846. The third-order valence-electron chi connectivity index (χ3n) is 2.35. The van der Waals surface area contributed by atoms with Gasteiger partial charge in [0.2, 0.25) is 0 Å². The van der Waals surface area contributed by atoms with Crippen LogP contribution >= 0.6 is 0 Å². The lowest BCUT2D eigenvalue weighted by molar-refractivity contribution is -0.138. The highest BCUT2D eigenvalue weighted by Gasteiger charge is 2.35. The van der Waals surface area contributed by atoms with E-state index >= 15 is 0 Å². The Morgan fingerprint density at radius 3 is 2.47 bits per heavy atom. The molecule has 6 heteroatoms. The summed E-state index contributed by atoms with van der Waals surface area (Å²) in [5.41, 5.74) is -0.893. The number of methoxy groups -OCH3 is 1. The molecule has 0 aliphatic carbocycles. The molecule has 0 unspecified atom stereocenters. The molecular weight excluding hydrogens is 259 g/mol. The predicted octanol–water partition coefficient (Wildman–Crippen LogP) is 3.90. The highest BCUT2D eigenvalue weighted by molar-refractivity contribution is 5.44. The standard InChI is InChI=1S/C13H10F3NO2/c1-18-9-4-5-12(11(7-9)13(14,15)16)19-10-3-2-6-17-8-10/h2-8H,1H3. The normalized spacial score (nSPS) is 11.2. The molecule has 3 nitrogen and oxygen atoms in total. The van der Waals surface area contributed by atoms with Gasteiger partial charge in [-0.2, -0.15) is 13.2 Å². The van der Waals surface area contributed by atoms with Gasteiger partial charge in [-0.15, -0.1) is 0 Å². The monoisotopic (exact) mass is 269 g/mol. The van der Waals surface area contributed by atoms with Gasteiger partial charge in [-0.3, -0.25) is 4.98 Å². The maximum Gasteiger partial charge on any atom is 0.420 e. The molecule has 0 aliphatic heterocycles. The Balaban J connectivity index is 2.40. The molecule has 0 fully saturated rings. The molecule has 0 atom stereocenters. The molecule has 0 bridgehead atoms. The number of alkyl halides is 3. The summed E-state index contributed by atoms with van der Waals surface area (Å²) in [5, 5.41) is 0. The lowest BCUT2D eigenvalue weighted by atomic mass is 10.2. The number of halogens is 3. The molecule has 100 valence electrons. The average molecular weight is 269 g/mol. The molecule has 0 amide bonds. The van der Waals surface area contributed by atoms with Gasteiger partial charge >= 0.3 is 6.18 Å². The van der Waals surface area contributed by atoms with Crippen molar-refractivity contribution >= 4 is 0 Å². The number of pyridine rings is 1. The van der Waals surface area contributed by atoms with E-state index in [1.54, 1.807) is 6.07 Å². The van der Waals surface area contributed by atoms with Crippen molar-refractivity contribution in [2.24, 2.45) is 0 Å². The van der Waals surface area contributed by atoms with Crippen LogP contribution < -0.4 is 9.47 Å². The zero-order valence-electron chi connectivity index (χ0n) is 9.94. The van der Waals surface area contributed by atoms with E-state index in [-0.39, 0.29) is 17.2 Å². The number of rotatable bonds is 3. The van der Waals surface area contributed by atoms with Gasteiger partial charge in [0.25, 0.3) is 0 Å². The first-order chi connectivity index (χ1) is 9.00. The van der Waals surface area contributed by atoms with Crippen LogP contribution in [-0.4, -0.2) is 12.1 Å². The lowest BCUT2D eigenvalue weighted by Gasteiger charge is -2.14. The summed E-state index contributed by atoms with van der Waals surface area (Å²) < 4.78 is 48.7. The smallest absolute Gasteiger partial charge is 0.420 e. The van der Waals surface area contributed by atoms with Crippen molar-refractivity contribution in [3.8, 4) is 17.2 Å². The fraction of sp³-hybridized carbons (Fsp3) is 0.154. The molecular formula is C13H10F3NO2. The molecule has 0 N–H and O–H groups in total. The van der Waals surface area contributed by atoms with Crippen molar-refractivity contribution in [1.82, 2.24) is 4.98 Å². The third-order valence-corrected chi connectivity index (χ3v) is 2.35. The number of hydrogen-bond donors (Lipinski definition) is 0. The summed E-state index contributed by atoms with van der Waals surface area (Å²) in [6.45, 7) is 0. The molecule has 1 aromatic heterocycles. The zero-order valence-corrected chi connectivity index (χ0v) is 9.94. The van der Waals surface area contributed by atoms with Crippen LogP contribution in [0.1, 0.15) is 5.56 Å². The molecule has 0 saturated heterocycles. The molecule has 0 spiro atoms. The number of aromatic nitrogens is 1. The number of hydrogen-bond acceptors (Lipinski definition) is 3.